The summed E-state index contributed by atoms with van der Waals surface area (Å²) in [5.41, 5.74) is 2.05. The Hall–Kier alpha value is -2.41. The highest BCUT2D eigenvalue weighted by molar-refractivity contribution is 5.94. The molecular formula is C26H37N3O4. The first-order valence-corrected chi connectivity index (χ1v) is 12.6. The zero-order valence-electron chi connectivity index (χ0n) is 19.4. The van der Waals surface area contributed by atoms with E-state index in [9.17, 15) is 19.6 Å². The van der Waals surface area contributed by atoms with E-state index in [2.05, 4.69) is 17.4 Å². The number of nitrogens with one attached hydrogen (secondary N) is 2. The van der Waals surface area contributed by atoms with Gasteiger partial charge in [0, 0.05) is 19.0 Å². The Morgan fingerprint density at radius 3 is 2.48 bits per heavy atom. The van der Waals surface area contributed by atoms with Crippen molar-refractivity contribution in [1.29, 1.82) is 0 Å². The molecule has 1 aliphatic heterocycles. The summed E-state index contributed by atoms with van der Waals surface area (Å²) in [4.78, 5) is 41.2. The number of nitrogens with zero attached hydrogens (tertiary/aromatic N) is 1. The average molecular weight is 456 g/mol. The normalized spacial score (nSPS) is 24.5. The molecule has 3 amide bonds. The number of amides is 3. The molecule has 0 aromatic heterocycles. The van der Waals surface area contributed by atoms with E-state index in [4.69, 9.17) is 0 Å². The molecule has 180 valence electrons. The van der Waals surface area contributed by atoms with Crippen LogP contribution in [-0.4, -0.2) is 46.5 Å². The van der Waals surface area contributed by atoms with Crippen LogP contribution in [-0.2, 0) is 20.8 Å². The molecule has 0 spiro atoms. The molecule has 1 aromatic rings. The fraction of sp³-hybridized carbons (Fsp3) is 0.654. The Labute approximate surface area is 196 Å². The zero-order chi connectivity index (χ0) is 23.3. The van der Waals surface area contributed by atoms with E-state index in [1.54, 1.807) is 10.4 Å². The van der Waals surface area contributed by atoms with Crippen LogP contribution in [0.4, 0.5) is 0 Å². The Kier molecular flexibility index (Phi) is 7.68. The topological polar surface area (TPSA) is 98.7 Å². The van der Waals surface area contributed by atoms with Crippen molar-refractivity contribution in [2.75, 3.05) is 6.54 Å². The van der Waals surface area contributed by atoms with Gasteiger partial charge in [-0.2, -0.15) is 0 Å². The maximum Gasteiger partial charge on any atom is 0.244 e. The maximum absolute atomic E-state index is 13.9. The highest BCUT2D eigenvalue weighted by Crippen LogP contribution is 2.43. The third kappa shape index (κ3) is 5.75. The Morgan fingerprint density at radius 1 is 1.09 bits per heavy atom. The molecule has 1 heterocycles. The zero-order valence-corrected chi connectivity index (χ0v) is 19.4. The van der Waals surface area contributed by atoms with Gasteiger partial charge >= 0.3 is 0 Å². The molecule has 0 bridgehead atoms. The van der Waals surface area contributed by atoms with E-state index in [0.29, 0.717) is 19.4 Å². The van der Waals surface area contributed by atoms with Crippen molar-refractivity contribution in [2.24, 2.45) is 11.3 Å². The van der Waals surface area contributed by atoms with Gasteiger partial charge in [0.25, 0.3) is 0 Å². The molecule has 4 rings (SSSR count). The second-order valence-electron chi connectivity index (χ2n) is 10.2. The van der Waals surface area contributed by atoms with Crippen LogP contribution in [0.15, 0.2) is 30.3 Å². The van der Waals surface area contributed by atoms with Crippen LogP contribution >= 0.6 is 0 Å². The number of hydrogen-bond donors (Lipinski definition) is 3. The van der Waals surface area contributed by atoms with Gasteiger partial charge in [0.1, 0.15) is 6.04 Å². The van der Waals surface area contributed by atoms with Crippen LogP contribution in [0.1, 0.15) is 76.2 Å². The quantitative estimate of drug-likeness (QED) is 0.372. The lowest BCUT2D eigenvalue weighted by Crippen LogP contribution is -2.54. The van der Waals surface area contributed by atoms with E-state index in [0.717, 1.165) is 51.4 Å². The highest BCUT2D eigenvalue weighted by atomic mass is 16.5. The van der Waals surface area contributed by atoms with Crippen molar-refractivity contribution in [3.8, 4) is 0 Å². The Morgan fingerprint density at radius 2 is 1.82 bits per heavy atom. The fourth-order valence-corrected chi connectivity index (χ4v) is 5.79. The van der Waals surface area contributed by atoms with E-state index < -0.39 is 17.4 Å². The molecule has 3 N–H and O–H groups in total. The molecule has 2 saturated carbocycles. The molecule has 3 aliphatic rings. The summed E-state index contributed by atoms with van der Waals surface area (Å²) in [7, 11) is 0. The molecular weight excluding hydrogens is 418 g/mol. The standard InChI is InChI=1S/C26H37N3O4/c30-22(28-33)18-26(15-7-10-19-8-3-1-4-9-19)16-17-29(25(26)32)23(20-11-5-2-6-12-20)24(31)27-21-13-14-21/h1,3-4,8-9,20-21,23,33H,2,5-7,10-18H2,(H,27,31)(H,28,30). The summed E-state index contributed by atoms with van der Waals surface area (Å²) in [5, 5.41) is 12.3. The number of hydrogen-bond acceptors (Lipinski definition) is 4. The summed E-state index contributed by atoms with van der Waals surface area (Å²) < 4.78 is 0. The first kappa shape index (κ1) is 23.7. The summed E-state index contributed by atoms with van der Waals surface area (Å²) >= 11 is 0. The lowest BCUT2D eigenvalue weighted by molar-refractivity contribution is -0.148. The van der Waals surface area contributed by atoms with Crippen LogP contribution in [0.25, 0.3) is 0 Å². The number of aryl methyl sites for hydroxylation is 1. The molecule has 1 aromatic carbocycles. The monoisotopic (exact) mass is 455 g/mol. The van der Waals surface area contributed by atoms with Crippen molar-refractivity contribution in [1.82, 2.24) is 15.7 Å². The molecule has 33 heavy (non-hydrogen) atoms. The number of carbonyl (C=O) groups excluding carboxylic acids is 3. The molecule has 2 atom stereocenters. The lowest BCUT2D eigenvalue weighted by atomic mass is 9.77. The van der Waals surface area contributed by atoms with Crippen molar-refractivity contribution < 1.29 is 19.6 Å². The van der Waals surface area contributed by atoms with E-state index >= 15 is 0 Å². The van der Waals surface area contributed by atoms with Gasteiger partial charge in [0.2, 0.25) is 17.7 Å². The number of rotatable bonds is 10. The third-order valence-electron chi connectivity index (χ3n) is 7.76. The molecule has 7 nitrogen and oxygen atoms in total. The van der Waals surface area contributed by atoms with Gasteiger partial charge < -0.3 is 10.2 Å². The summed E-state index contributed by atoms with van der Waals surface area (Å²) in [6.07, 6.45) is 9.96. The van der Waals surface area contributed by atoms with Crippen LogP contribution < -0.4 is 10.8 Å². The SMILES string of the molecule is O=C(CC1(CCCc2ccccc2)CCN(C(C(=O)NC2CC2)C2CCCCC2)C1=O)NO. The Bertz CT molecular complexity index is 835. The van der Waals surface area contributed by atoms with Gasteiger partial charge in [-0.05, 0) is 62.8 Å². The van der Waals surface area contributed by atoms with Gasteiger partial charge in [-0.25, -0.2) is 5.48 Å². The van der Waals surface area contributed by atoms with Crippen LogP contribution in [0.3, 0.4) is 0 Å². The second kappa shape index (κ2) is 10.7. The van der Waals surface area contributed by atoms with Crippen LogP contribution in [0.5, 0.6) is 0 Å². The minimum Gasteiger partial charge on any atom is -0.352 e. The summed E-state index contributed by atoms with van der Waals surface area (Å²) in [6.45, 7) is 0.488. The van der Waals surface area contributed by atoms with Gasteiger partial charge in [-0.15, -0.1) is 0 Å². The van der Waals surface area contributed by atoms with Crippen molar-refractivity contribution in [2.45, 2.75) is 89.1 Å². The fourth-order valence-electron chi connectivity index (χ4n) is 5.79. The van der Waals surface area contributed by atoms with Crippen molar-refractivity contribution in [3.63, 3.8) is 0 Å². The minimum atomic E-state index is -0.867. The molecule has 0 radical (unpaired) electrons. The van der Waals surface area contributed by atoms with E-state index in [1.807, 2.05) is 18.2 Å². The van der Waals surface area contributed by atoms with E-state index in [-0.39, 0.29) is 30.2 Å². The number of benzene rings is 1. The van der Waals surface area contributed by atoms with Gasteiger partial charge in [-0.1, -0.05) is 49.6 Å². The predicted octanol–water partition coefficient (Wildman–Crippen LogP) is 3.35. The number of likely N-dealkylation sites (tertiary alicyclic amines) is 1. The first-order valence-electron chi connectivity index (χ1n) is 12.6. The second-order valence-corrected chi connectivity index (χ2v) is 10.2. The molecule has 3 fully saturated rings. The Balaban J connectivity index is 1.51. The van der Waals surface area contributed by atoms with Crippen LogP contribution in [0, 0.1) is 11.3 Å². The van der Waals surface area contributed by atoms with Gasteiger partial charge in [-0.3, -0.25) is 19.6 Å². The average Bonchev–Trinajstić information content (AvgIpc) is 3.60. The molecule has 2 aliphatic carbocycles. The highest BCUT2D eigenvalue weighted by Gasteiger charge is 2.52. The van der Waals surface area contributed by atoms with E-state index in [1.165, 1.54) is 12.0 Å². The summed E-state index contributed by atoms with van der Waals surface area (Å²) in [6, 6.07) is 9.91. The van der Waals surface area contributed by atoms with Gasteiger partial charge in [0.15, 0.2) is 0 Å². The van der Waals surface area contributed by atoms with Crippen molar-refractivity contribution in [3.05, 3.63) is 35.9 Å². The smallest absolute Gasteiger partial charge is 0.244 e. The largest absolute Gasteiger partial charge is 0.352 e. The predicted molar refractivity (Wildman–Crippen MR) is 124 cm³/mol. The molecule has 7 heteroatoms. The van der Waals surface area contributed by atoms with Crippen molar-refractivity contribution >= 4 is 17.7 Å². The minimum absolute atomic E-state index is 0.0237. The first-order chi connectivity index (χ1) is 16.0. The summed E-state index contributed by atoms with van der Waals surface area (Å²) in [5.74, 6) is -0.486. The van der Waals surface area contributed by atoms with Gasteiger partial charge in [0.05, 0.1) is 5.41 Å². The number of carbonyl (C=O) groups is 3. The molecule has 1 saturated heterocycles. The number of hydroxylamine groups is 1. The lowest BCUT2D eigenvalue weighted by Gasteiger charge is -2.37. The van der Waals surface area contributed by atoms with Crippen LogP contribution in [0.2, 0.25) is 0 Å². The maximum atomic E-state index is 13.9. The molecule has 2 unspecified atom stereocenters. The third-order valence-corrected chi connectivity index (χ3v) is 7.76.